The lowest BCUT2D eigenvalue weighted by atomic mass is 10.0. The molecular formula is C13H21N3S. The Kier molecular flexibility index (Phi) is 3.09. The first-order chi connectivity index (χ1) is 8.22. The molecule has 1 aromatic heterocycles. The average Bonchev–Trinajstić information content (AvgIpc) is 2.92. The van der Waals surface area contributed by atoms with Crippen LogP contribution in [0.5, 0.6) is 0 Å². The van der Waals surface area contributed by atoms with Crippen LogP contribution in [-0.2, 0) is 6.54 Å². The fourth-order valence-corrected chi connectivity index (χ4v) is 3.19. The molecule has 1 aromatic rings. The van der Waals surface area contributed by atoms with Gasteiger partial charge in [0.2, 0.25) is 0 Å². The van der Waals surface area contributed by atoms with Gasteiger partial charge in [-0.3, -0.25) is 0 Å². The smallest absolute Gasteiger partial charge is 0.185 e. The fourth-order valence-electron chi connectivity index (χ4n) is 2.34. The quantitative estimate of drug-likeness (QED) is 0.891. The first kappa shape index (κ1) is 11.5. The summed E-state index contributed by atoms with van der Waals surface area (Å²) in [6.07, 6.45) is 2.69. The lowest BCUT2D eigenvalue weighted by Gasteiger charge is -2.13. The van der Waals surface area contributed by atoms with E-state index < -0.39 is 0 Å². The Bertz CT molecular complexity index is 376. The molecule has 1 aliphatic carbocycles. The highest BCUT2D eigenvalue weighted by Gasteiger charge is 2.28. The van der Waals surface area contributed by atoms with E-state index in [2.05, 4.69) is 29.4 Å². The van der Waals surface area contributed by atoms with Crippen molar-refractivity contribution in [1.82, 2.24) is 10.3 Å². The van der Waals surface area contributed by atoms with E-state index >= 15 is 0 Å². The monoisotopic (exact) mass is 251 g/mol. The Morgan fingerprint density at radius 2 is 2.06 bits per heavy atom. The van der Waals surface area contributed by atoms with Crippen molar-refractivity contribution in [1.29, 1.82) is 0 Å². The van der Waals surface area contributed by atoms with Crippen molar-refractivity contribution >= 4 is 16.5 Å². The molecule has 2 unspecified atom stereocenters. The van der Waals surface area contributed by atoms with Crippen LogP contribution in [0, 0.1) is 11.8 Å². The highest BCUT2D eigenvalue weighted by atomic mass is 32.1. The summed E-state index contributed by atoms with van der Waals surface area (Å²) < 4.78 is 0. The van der Waals surface area contributed by atoms with Crippen molar-refractivity contribution in [2.24, 2.45) is 11.8 Å². The second-order valence-corrected chi connectivity index (χ2v) is 6.47. The van der Waals surface area contributed by atoms with Crippen molar-refractivity contribution in [3.63, 3.8) is 0 Å². The van der Waals surface area contributed by atoms with E-state index in [-0.39, 0.29) is 0 Å². The van der Waals surface area contributed by atoms with E-state index in [4.69, 9.17) is 4.98 Å². The Balaban J connectivity index is 1.59. The van der Waals surface area contributed by atoms with Gasteiger partial charge in [-0.15, -0.1) is 11.3 Å². The third-order valence-corrected chi connectivity index (χ3v) is 4.90. The Morgan fingerprint density at radius 3 is 2.71 bits per heavy atom. The molecule has 2 aliphatic rings. The molecule has 1 saturated heterocycles. The summed E-state index contributed by atoms with van der Waals surface area (Å²) in [4.78, 5) is 7.19. The summed E-state index contributed by atoms with van der Waals surface area (Å²) in [6, 6.07) is 0.770. The molecule has 0 spiro atoms. The van der Waals surface area contributed by atoms with Crippen LogP contribution >= 0.6 is 11.3 Å². The molecule has 0 bridgehead atoms. The van der Waals surface area contributed by atoms with E-state index in [0.29, 0.717) is 0 Å². The first-order valence-electron chi connectivity index (χ1n) is 6.65. The number of nitrogens with zero attached hydrogens (tertiary/aromatic N) is 2. The molecular weight excluding hydrogens is 230 g/mol. The summed E-state index contributed by atoms with van der Waals surface area (Å²) in [6.45, 7) is 7.97. The maximum Gasteiger partial charge on any atom is 0.185 e. The van der Waals surface area contributed by atoms with Gasteiger partial charge in [0.25, 0.3) is 0 Å². The number of rotatable bonds is 4. The van der Waals surface area contributed by atoms with Crippen molar-refractivity contribution in [2.45, 2.75) is 39.3 Å². The van der Waals surface area contributed by atoms with Crippen LogP contribution in [-0.4, -0.2) is 24.1 Å². The summed E-state index contributed by atoms with van der Waals surface area (Å²) in [5.74, 6) is 1.60. The van der Waals surface area contributed by atoms with Gasteiger partial charge in [0.1, 0.15) is 0 Å². The van der Waals surface area contributed by atoms with Gasteiger partial charge in [-0.2, -0.15) is 0 Å². The molecule has 0 radical (unpaired) electrons. The number of thiazole rings is 1. The molecule has 2 fully saturated rings. The van der Waals surface area contributed by atoms with Gasteiger partial charge in [0.05, 0.1) is 5.69 Å². The van der Waals surface area contributed by atoms with Gasteiger partial charge < -0.3 is 10.2 Å². The van der Waals surface area contributed by atoms with Crippen molar-refractivity contribution in [3.8, 4) is 0 Å². The van der Waals surface area contributed by atoms with Crippen molar-refractivity contribution < 1.29 is 0 Å². The van der Waals surface area contributed by atoms with Crippen LogP contribution in [0.2, 0.25) is 0 Å². The average molecular weight is 251 g/mol. The maximum absolute atomic E-state index is 4.74. The molecule has 3 rings (SSSR count). The Labute approximate surface area is 107 Å². The fraction of sp³-hybridized carbons (Fsp3) is 0.769. The number of anilines is 1. The van der Waals surface area contributed by atoms with Crippen LogP contribution in [0.25, 0.3) is 0 Å². The van der Waals surface area contributed by atoms with Gasteiger partial charge in [0, 0.05) is 31.1 Å². The predicted octanol–water partition coefficient (Wildman–Crippen LogP) is 2.49. The predicted molar refractivity (Wildman–Crippen MR) is 72.5 cm³/mol. The SMILES string of the molecule is CC1CN(c2nc(CNC3CC3)cs2)CC1C. The highest BCUT2D eigenvalue weighted by molar-refractivity contribution is 7.13. The van der Waals surface area contributed by atoms with E-state index in [1.165, 1.54) is 36.8 Å². The third-order valence-electron chi connectivity index (χ3n) is 3.95. The third kappa shape index (κ3) is 2.63. The normalized spacial score (nSPS) is 28.9. The zero-order chi connectivity index (χ0) is 11.8. The van der Waals surface area contributed by atoms with Gasteiger partial charge >= 0.3 is 0 Å². The minimum absolute atomic E-state index is 0.770. The molecule has 3 nitrogen and oxygen atoms in total. The minimum atomic E-state index is 0.770. The van der Waals surface area contributed by atoms with Crippen LogP contribution < -0.4 is 10.2 Å². The van der Waals surface area contributed by atoms with Crippen molar-refractivity contribution in [3.05, 3.63) is 11.1 Å². The molecule has 0 amide bonds. The summed E-state index contributed by atoms with van der Waals surface area (Å²) in [5.41, 5.74) is 1.21. The minimum Gasteiger partial charge on any atom is -0.348 e. The van der Waals surface area contributed by atoms with E-state index in [9.17, 15) is 0 Å². The van der Waals surface area contributed by atoms with Crippen LogP contribution in [0.15, 0.2) is 5.38 Å². The molecule has 4 heteroatoms. The second kappa shape index (κ2) is 4.58. The van der Waals surface area contributed by atoms with Gasteiger partial charge in [-0.25, -0.2) is 4.98 Å². The van der Waals surface area contributed by atoms with Crippen LogP contribution in [0.4, 0.5) is 5.13 Å². The van der Waals surface area contributed by atoms with E-state index in [1.807, 2.05) is 0 Å². The number of aromatic nitrogens is 1. The maximum atomic E-state index is 4.74. The standard InChI is InChI=1S/C13H21N3S/c1-9-6-16(7-10(9)2)13-15-12(8-17-13)5-14-11-3-4-11/h8-11,14H,3-7H2,1-2H3. The largest absolute Gasteiger partial charge is 0.348 e. The molecule has 2 atom stereocenters. The van der Waals surface area contributed by atoms with Gasteiger partial charge in [0.15, 0.2) is 5.13 Å². The molecule has 1 aliphatic heterocycles. The van der Waals surface area contributed by atoms with E-state index in [1.54, 1.807) is 11.3 Å². The number of nitrogens with one attached hydrogen (secondary N) is 1. The first-order valence-corrected chi connectivity index (χ1v) is 7.53. The van der Waals surface area contributed by atoms with Gasteiger partial charge in [-0.05, 0) is 24.7 Å². The molecule has 1 N–H and O–H groups in total. The summed E-state index contributed by atoms with van der Waals surface area (Å²) in [5, 5.41) is 6.94. The molecule has 0 aromatic carbocycles. The second-order valence-electron chi connectivity index (χ2n) is 5.64. The van der Waals surface area contributed by atoms with Crippen LogP contribution in [0.3, 0.4) is 0 Å². The topological polar surface area (TPSA) is 28.2 Å². The lowest BCUT2D eigenvalue weighted by molar-refractivity contribution is 0.494. The Morgan fingerprint density at radius 1 is 1.35 bits per heavy atom. The number of hydrogen-bond donors (Lipinski definition) is 1. The molecule has 94 valence electrons. The van der Waals surface area contributed by atoms with Crippen LogP contribution in [0.1, 0.15) is 32.4 Å². The van der Waals surface area contributed by atoms with Gasteiger partial charge in [-0.1, -0.05) is 13.8 Å². The molecule has 2 heterocycles. The zero-order valence-corrected chi connectivity index (χ0v) is 11.5. The number of hydrogen-bond acceptors (Lipinski definition) is 4. The highest BCUT2D eigenvalue weighted by Crippen LogP contribution is 2.30. The van der Waals surface area contributed by atoms with Crippen molar-refractivity contribution in [2.75, 3.05) is 18.0 Å². The summed E-state index contributed by atoms with van der Waals surface area (Å²) >= 11 is 1.80. The zero-order valence-electron chi connectivity index (χ0n) is 10.6. The Hall–Kier alpha value is -0.610. The molecule has 1 saturated carbocycles. The summed E-state index contributed by atoms with van der Waals surface area (Å²) in [7, 11) is 0. The van der Waals surface area contributed by atoms with E-state index in [0.717, 1.165) is 24.4 Å². The lowest BCUT2D eigenvalue weighted by Crippen LogP contribution is -2.20. The molecule has 17 heavy (non-hydrogen) atoms.